The summed E-state index contributed by atoms with van der Waals surface area (Å²) in [7, 11) is 0. The summed E-state index contributed by atoms with van der Waals surface area (Å²) in [5.41, 5.74) is -3.16. The van der Waals surface area contributed by atoms with Gasteiger partial charge in [-0.3, -0.25) is 20.1 Å². The molecule has 110 valence electrons. The summed E-state index contributed by atoms with van der Waals surface area (Å²) in [5, 5.41) is 20.1. The number of hydrogen-bond donors (Lipinski definition) is 1. The first-order chi connectivity index (χ1) is 9.05. The molecule has 9 heteroatoms. The maximum atomic E-state index is 12.7. The highest BCUT2D eigenvalue weighted by molar-refractivity contribution is 5.92. The number of carbonyl (C=O) groups excluding carboxylic acids is 1. The zero-order valence-corrected chi connectivity index (χ0v) is 10.5. The van der Waals surface area contributed by atoms with Crippen molar-refractivity contribution in [3.8, 4) is 0 Å². The predicted octanol–water partition coefficient (Wildman–Crippen LogP) is 2.99. The van der Waals surface area contributed by atoms with E-state index in [1.165, 1.54) is 13.8 Å². The van der Waals surface area contributed by atoms with Crippen LogP contribution >= 0.6 is 0 Å². The molecule has 1 rings (SSSR count). The molecule has 6 nitrogen and oxygen atoms in total. The molecule has 1 aromatic rings. The lowest BCUT2D eigenvalue weighted by molar-refractivity contribution is -0.388. The number of anilines is 1. The van der Waals surface area contributed by atoms with Gasteiger partial charge >= 0.3 is 6.18 Å². The highest BCUT2D eigenvalue weighted by atomic mass is 19.4. The maximum Gasteiger partial charge on any atom is 0.423 e. The van der Waals surface area contributed by atoms with E-state index in [0.29, 0.717) is 12.1 Å². The topological polar surface area (TPSA) is 83.7 Å². The Bertz CT molecular complexity index is 543. The maximum absolute atomic E-state index is 12.7. The standard InChI is InChI=1S/C11H11F3N2O4/c1-6(2)10(17)15(18)7-3-4-9(16(19)20)8(5-7)11(12,13)14/h3-6,18H,1-2H3. The molecule has 0 aromatic heterocycles. The van der Waals surface area contributed by atoms with Crippen molar-refractivity contribution in [2.24, 2.45) is 5.92 Å². The van der Waals surface area contributed by atoms with Gasteiger partial charge in [-0.25, -0.2) is 0 Å². The Morgan fingerprint density at radius 2 is 1.95 bits per heavy atom. The van der Waals surface area contributed by atoms with Crippen LogP contribution in [0.4, 0.5) is 24.5 Å². The van der Waals surface area contributed by atoms with Crippen molar-refractivity contribution in [2.45, 2.75) is 20.0 Å². The van der Waals surface area contributed by atoms with Crippen LogP contribution in [0.3, 0.4) is 0 Å². The number of amides is 1. The lowest BCUT2D eigenvalue weighted by Crippen LogP contribution is -2.31. The zero-order chi connectivity index (χ0) is 15.7. The molecule has 0 fully saturated rings. The van der Waals surface area contributed by atoms with E-state index in [1.807, 2.05) is 0 Å². The molecule has 1 aromatic carbocycles. The van der Waals surface area contributed by atoms with Gasteiger partial charge < -0.3 is 0 Å². The number of halogens is 3. The average molecular weight is 292 g/mol. The van der Waals surface area contributed by atoms with E-state index in [-0.39, 0.29) is 5.06 Å². The Labute approximate surface area is 111 Å². The van der Waals surface area contributed by atoms with Crippen LogP contribution in [-0.4, -0.2) is 16.0 Å². The van der Waals surface area contributed by atoms with Gasteiger partial charge in [0.2, 0.25) is 0 Å². The number of nitro benzene ring substituents is 1. The lowest BCUT2D eigenvalue weighted by atomic mass is 10.1. The molecule has 0 aliphatic rings. The molecule has 0 aliphatic heterocycles. The summed E-state index contributed by atoms with van der Waals surface area (Å²) >= 11 is 0. The average Bonchev–Trinajstić information content (AvgIpc) is 2.34. The highest BCUT2D eigenvalue weighted by Gasteiger charge is 2.39. The normalized spacial score (nSPS) is 11.6. The third kappa shape index (κ3) is 3.23. The van der Waals surface area contributed by atoms with Crippen molar-refractivity contribution in [3.05, 3.63) is 33.9 Å². The number of benzene rings is 1. The van der Waals surface area contributed by atoms with E-state index >= 15 is 0 Å². The third-order valence-corrected chi connectivity index (χ3v) is 2.43. The Morgan fingerprint density at radius 1 is 1.40 bits per heavy atom. The van der Waals surface area contributed by atoms with Gasteiger partial charge in [0.05, 0.1) is 10.6 Å². The Morgan fingerprint density at radius 3 is 2.35 bits per heavy atom. The SMILES string of the molecule is CC(C)C(=O)N(O)c1ccc([N+](=O)[O-])c(C(F)(F)F)c1. The Hall–Kier alpha value is -2.16. The van der Waals surface area contributed by atoms with Crippen molar-refractivity contribution in [3.63, 3.8) is 0 Å². The number of hydrogen-bond acceptors (Lipinski definition) is 4. The third-order valence-electron chi connectivity index (χ3n) is 2.43. The van der Waals surface area contributed by atoms with Crippen LogP contribution in [0.15, 0.2) is 18.2 Å². The Kier molecular flexibility index (Phi) is 4.33. The van der Waals surface area contributed by atoms with Crippen molar-refractivity contribution >= 4 is 17.3 Å². The summed E-state index contributed by atoms with van der Waals surface area (Å²) in [6, 6.07) is 1.82. The number of rotatable bonds is 3. The van der Waals surface area contributed by atoms with Crippen LogP contribution in [0.2, 0.25) is 0 Å². The van der Waals surface area contributed by atoms with Crippen LogP contribution in [0.5, 0.6) is 0 Å². The Balaban J connectivity index is 3.33. The lowest BCUT2D eigenvalue weighted by Gasteiger charge is -2.18. The van der Waals surface area contributed by atoms with Crippen LogP contribution in [-0.2, 0) is 11.0 Å². The fraction of sp³-hybridized carbons (Fsp3) is 0.364. The van der Waals surface area contributed by atoms with Crippen molar-refractivity contribution in [2.75, 3.05) is 5.06 Å². The fourth-order valence-corrected chi connectivity index (χ4v) is 1.41. The molecular formula is C11H11F3N2O4. The van der Waals surface area contributed by atoms with Crippen LogP contribution in [0.1, 0.15) is 19.4 Å². The molecule has 20 heavy (non-hydrogen) atoms. The minimum Gasteiger partial charge on any atom is -0.281 e. The summed E-state index contributed by atoms with van der Waals surface area (Å²) in [5.74, 6) is -1.48. The van der Waals surface area contributed by atoms with E-state index < -0.39 is 39.9 Å². The zero-order valence-electron chi connectivity index (χ0n) is 10.5. The second-order valence-corrected chi connectivity index (χ2v) is 4.26. The number of nitro groups is 1. The van der Waals surface area contributed by atoms with Crippen LogP contribution < -0.4 is 5.06 Å². The minimum absolute atomic E-state index is 0.0453. The van der Waals surface area contributed by atoms with E-state index in [1.54, 1.807) is 0 Å². The molecule has 0 radical (unpaired) electrons. The second-order valence-electron chi connectivity index (χ2n) is 4.26. The van der Waals surface area contributed by atoms with E-state index in [2.05, 4.69) is 0 Å². The van der Waals surface area contributed by atoms with Gasteiger partial charge in [-0.2, -0.15) is 18.2 Å². The summed E-state index contributed by atoms with van der Waals surface area (Å²) in [6.07, 6.45) is -4.97. The first-order valence-corrected chi connectivity index (χ1v) is 5.44. The quantitative estimate of drug-likeness (QED) is 0.527. The molecular weight excluding hydrogens is 281 g/mol. The first kappa shape index (κ1) is 15.9. The monoisotopic (exact) mass is 292 g/mol. The number of hydroxylamine groups is 1. The van der Waals surface area contributed by atoms with Crippen LogP contribution in [0, 0.1) is 16.0 Å². The smallest absolute Gasteiger partial charge is 0.281 e. The van der Waals surface area contributed by atoms with Crippen molar-refractivity contribution < 1.29 is 28.1 Å². The van der Waals surface area contributed by atoms with Gasteiger partial charge in [0.25, 0.3) is 11.6 Å². The molecule has 0 heterocycles. The van der Waals surface area contributed by atoms with Gasteiger partial charge in [0.1, 0.15) is 5.56 Å². The molecule has 0 atom stereocenters. The highest BCUT2D eigenvalue weighted by Crippen LogP contribution is 2.38. The fourth-order valence-electron chi connectivity index (χ4n) is 1.41. The first-order valence-electron chi connectivity index (χ1n) is 5.44. The number of alkyl halides is 3. The molecule has 0 spiro atoms. The summed E-state index contributed by atoms with van der Waals surface area (Å²) in [4.78, 5) is 20.9. The largest absolute Gasteiger partial charge is 0.423 e. The van der Waals surface area contributed by atoms with Gasteiger partial charge in [-0.1, -0.05) is 13.8 Å². The molecule has 1 N–H and O–H groups in total. The van der Waals surface area contributed by atoms with E-state index in [0.717, 1.165) is 6.07 Å². The van der Waals surface area contributed by atoms with Gasteiger partial charge in [0.15, 0.2) is 0 Å². The molecule has 0 bridgehead atoms. The molecule has 0 saturated carbocycles. The second kappa shape index (κ2) is 5.45. The van der Waals surface area contributed by atoms with Gasteiger partial charge in [0, 0.05) is 12.0 Å². The van der Waals surface area contributed by atoms with Gasteiger partial charge in [-0.05, 0) is 12.1 Å². The minimum atomic E-state index is -4.97. The van der Waals surface area contributed by atoms with Crippen molar-refractivity contribution in [1.29, 1.82) is 0 Å². The molecule has 0 saturated heterocycles. The van der Waals surface area contributed by atoms with Gasteiger partial charge in [-0.15, -0.1) is 0 Å². The number of nitrogens with zero attached hydrogens (tertiary/aromatic N) is 2. The predicted molar refractivity (Wildman–Crippen MR) is 62.2 cm³/mol. The van der Waals surface area contributed by atoms with Crippen molar-refractivity contribution in [1.82, 2.24) is 0 Å². The summed E-state index contributed by atoms with van der Waals surface area (Å²) in [6.45, 7) is 2.89. The van der Waals surface area contributed by atoms with E-state index in [9.17, 15) is 33.3 Å². The molecule has 1 amide bonds. The van der Waals surface area contributed by atoms with E-state index in [4.69, 9.17) is 0 Å². The summed E-state index contributed by atoms with van der Waals surface area (Å²) < 4.78 is 38.2. The molecule has 0 aliphatic carbocycles. The number of carbonyl (C=O) groups is 1. The molecule has 0 unspecified atom stereocenters. The van der Waals surface area contributed by atoms with Crippen LogP contribution in [0.25, 0.3) is 0 Å².